The van der Waals surface area contributed by atoms with Crippen LogP contribution >= 0.6 is 0 Å². The van der Waals surface area contributed by atoms with E-state index in [2.05, 4.69) is 56.9 Å². The molecule has 0 aliphatic heterocycles. The van der Waals surface area contributed by atoms with E-state index in [1.54, 1.807) is 4.90 Å². The van der Waals surface area contributed by atoms with Gasteiger partial charge in [-0.1, -0.05) is 54.3 Å². The first-order valence-corrected chi connectivity index (χ1v) is 8.79. The minimum atomic E-state index is -0.284. The minimum Gasteiger partial charge on any atom is -0.448 e. The van der Waals surface area contributed by atoms with Gasteiger partial charge in [-0.05, 0) is 44.0 Å². The molecule has 0 spiro atoms. The number of hydrogen-bond donors (Lipinski definition) is 0. The van der Waals surface area contributed by atoms with E-state index in [1.165, 1.54) is 10.8 Å². The maximum Gasteiger partial charge on any atom is 0.410 e. The molecule has 2 aromatic rings. The number of rotatable bonds is 5. The second-order valence-corrected chi connectivity index (χ2v) is 7.07. The van der Waals surface area contributed by atoms with Crippen molar-refractivity contribution in [2.45, 2.75) is 40.7 Å². The second-order valence-electron chi connectivity index (χ2n) is 7.07. The van der Waals surface area contributed by atoms with Crippen LogP contribution in [0.15, 0.2) is 42.5 Å². The zero-order valence-electron chi connectivity index (χ0n) is 15.6. The lowest BCUT2D eigenvalue weighted by Crippen LogP contribution is -2.31. The Morgan fingerprint density at radius 2 is 1.84 bits per heavy atom. The van der Waals surface area contributed by atoms with Crippen LogP contribution in [0.4, 0.5) is 4.79 Å². The topological polar surface area (TPSA) is 29.5 Å². The second kappa shape index (κ2) is 8.58. The van der Waals surface area contributed by atoms with E-state index in [0.29, 0.717) is 26.1 Å². The zero-order chi connectivity index (χ0) is 18.3. The van der Waals surface area contributed by atoms with Crippen LogP contribution in [0.1, 0.15) is 39.7 Å². The Kier molecular flexibility index (Phi) is 6.47. The maximum atomic E-state index is 12.3. The lowest BCUT2D eigenvalue weighted by Gasteiger charge is -2.21. The number of carbonyl (C=O) groups excluding carboxylic acids is 1. The van der Waals surface area contributed by atoms with Crippen molar-refractivity contribution in [3.63, 3.8) is 0 Å². The molecule has 25 heavy (non-hydrogen) atoms. The van der Waals surface area contributed by atoms with Crippen LogP contribution in [0, 0.1) is 17.3 Å². The molecule has 0 aliphatic rings. The lowest BCUT2D eigenvalue weighted by molar-refractivity contribution is 0.104. The van der Waals surface area contributed by atoms with Crippen molar-refractivity contribution in [3.8, 4) is 11.8 Å². The highest BCUT2D eigenvalue weighted by molar-refractivity contribution is 5.85. The minimum absolute atomic E-state index is 0.0200. The first kappa shape index (κ1) is 18.9. The first-order chi connectivity index (χ1) is 11.9. The molecule has 0 fully saturated rings. The first-order valence-electron chi connectivity index (χ1n) is 8.79. The Balaban J connectivity index is 1.97. The van der Waals surface area contributed by atoms with Gasteiger partial charge in [0.15, 0.2) is 0 Å². The Morgan fingerprint density at radius 3 is 2.56 bits per heavy atom. The van der Waals surface area contributed by atoms with Crippen molar-refractivity contribution in [2.24, 2.45) is 5.41 Å². The van der Waals surface area contributed by atoms with Crippen molar-refractivity contribution in [2.75, 3.05) is 13.2 Å². The third-order valence-electron chi connectivity index (χ3n) is 3.80. The van der Waals surface area contributed by atoms with Crippen LogP contribution in [0.25, 0.3) is 10.8 Å². The fourth-order valence-corrected chi connectivity index (χ4v) is 2.55. The Morgan fingerprint density at radius 1 is 1.12 bits per heavy atom. The molecular weight excluding hydrogens is 310 g/mol. The van der Waals surface area contributed by atoms with E-state index in [-0.39, 0.29) is 11.5 Å². The van der Waals surface area contributed by atoms with Gasteiger partial charge in [0.05, 0.1) is 0 Å². The number of benzene rings is 2. The molecule has 0 heterocycles. The van der Waals surface area contributed by atoms with Crippen molar-refractivity contribution in [1.29, 1.82) is 0 Å². The van der Waals surface area contributed by atoms with Crippen LogP contribution in [0.3, 0.4) is 0 Å². The molecule has 1 amide bonds. The highest BCUT2D eigenvalue weighted by Gasteiger charge is 2.14. The SMILES string of the molecule is CCN(Cc1cccc2ccccc12)C(=O)OCCC#CC(C)(C)C. The van der Waals surface area contributed by atoms with Crippen molar-refractivity contribution in [1.82, 2.24) is 4.90 Å². The summed E-state index contributed by atoms with van der Waals surface area (Å²) < 4.78 is 5.38. The average molecular weight is 337 g/mol. The number of nitrogens with zero attached hydrogens (tertiary/aromatic N) is 1. The molecule has 2 aromatic carbocycles. The summed E-state index contributed by atoms with van der Waals surface area (Å²) in [5, 5.41) is 2.36. The van der Waals surface area contributed by atoms with Gasteiger partial charge in [0.25, 0.3) is 0 Å². The van der Waals surface area contributed by atoms with Crippen molar-refractivity contribution < 1.29 is 9.53 Å². The van der Waals surface area contributed by atoms with E-state index >= 15 is 0 Å². The molecule has 0 saturated heterocycles. The molecule has 132 valence electrons. The van der Waals surface area contributed by atoms with Gasteiger partial charge >= 0.3 is 6.09 Å². The van der Waals surface area contributed by atoms with Gasteiger partial charge in [-0.3, -0.25) is 0 Å². The fraction of sp³-hybridized carbons (Fsp3) is 0.409. The smallest absolute Gasteiger partial charge is 0.410 e. The van der Waals surface area contributed by atoms with Gasteiger partial charge in [-0.15, -0.1) is 0 Å². The summed E-state index contributed by atoms with van der Waals surface area (Å²) in [5.41, 5.74) is 1.11. The third kappa shape index (κ3) is 5.83. The summed E-state index contributed by atoms with van der Waals surface area (Å²) in [6.07, 6.45) is 0.280. The van der Waals surface area contributed by atoms with Crippen molar-refractivity contribution in [3.05, 3.63) is 48.0 Å². The van der Waals surface area contributed by atoms with Crippen LogP contribution < -0.4 is 0 Å². The van der Waals surface area contributed by atoms with Gasteiger partial charge in [0.1, 0.15) is 6.61 Å². The zero-order valence-corrected chi connectivity index (χ0v) is 15.6. The summed E-state index contributed by atoms with van der Waals surface area (Å²) in [5.74, 6) is 6.21. The number of hydrogen-bond acceptors (Lipinski definition) is 2. The summed E-state index contributed by atoms with van der Waals surface area (Å²) in [6.45, 7) is 9.64. The van der Waals surface area contributed by atoms with Gasteiger partial charge in [-0.2, -0.15) is 0 Å². The Labute approximate surface area is 151 Å². The average Bonchev–Trinajstić information content (AvgIpc) is 2.58. The molecule has 0 radical (unpaired) electrons. The van der Waals surface area contributed by atoms with Gasteiger partial charge in [-0.25, -0.2) is 4.79 Å². The lowest BCUT2D eigenvalue weighted by atomic mass is 9.98. The molecule has 3 heteroatoms. The molecule has 0 bridgehead atoms. The molecule has 0 aliphatic carbocycles. The molecular formula is C22H27NO2. The molecule has 0 aromatic heterocycles. The predicted octanol–water partition coefficient (Wildman–Crippen LogP) is 5.24. The van der Waals surface area contributed by atoms with Crippen molar-refractivity contribution >= 4 is 16.9 Å². The van der Waals surface area contributed by atoms with E-state index in [4.69, 9.17) is 4.74 Å². The summed E-state index contributed by atoms with van der Waals surface area (Å²) >= 11 is 0. The van der Waals surface area contributed by atoms with Crippen LogP contribution in [0.5, 0.6) is 0 Å². The fourth-order valence-electron chi connectivity index (χ4n) is 2.55. The van der Waals surface area contributed by atoms with E-state index in [0.717, 1.165) is 5.56 Å². The van der Waals surface area contributed by atoms with Gasteiger partial charge < -0.3 is 9.64 Å². The van der Waals surface area contributed by atoms with Gasteiger partial charge in [0.2, 0.25) is 0 Å². The molecule has 2 rings (SSSR count). The normalized spacial score (nSPS) is 10.9. The van der Waals surface area contributed by atoms with Gasteiger partial charge in [0, 0.05) is 24.9 Å². The molecule has 0 N–H and O–H groups in total. The predicted molar refractivity (Wildman–Crippen MR) is 103 cm³/mol. The molecule has 3 nitrogen and oxygen atoms in total. The van der Waals surface area contributed by atoms with E-state index in [1.807, 2.05) is 25.1 Å². The van der Waals surface area contributed by atoms with Crippen LogP contribution in [-0.4, -0.2) is 24.1 Å². The van der Waals surface area contributed by atoms with E-state index < -0.39 is 0 Å². The Bertz CT molecular complexity index is 772. The van der Waals surface area contributed by atoms with Crippen LogP contribution in [0.2, 0.25) is 0 Å². The number of fused-ring (bicyclic) bond motifs is 1. The highest BCUT2D eigenvalue weighted by Crippen LogP contribution is 2.20. The molecule has 0 saturated carbocycles. The quantitative estimate of drug-likeness (QED) is 0.552. The largest absolute Gasteiger partial charge is 0.448 e. The molecule has 0 atom stereocenters. The highest BCUT2D eigenvalue weighted by atomic mass is 16.6. The summed E-state index contributed by atoms with van der Waals surface area (Å²) in [4.78, 5) is 14.1. The number of amides is 1. The third-order valence-corrected chi connectivity index (χ3v) is 3.80. The summed E-state index contributed by atoms with van der Waals surface area (Å²) in [7, 11) is 0. The molecule has 0 unspecified atom stereocenters. The summed E-state index contributed by atoms with van der Waals surface area (Å²) in [6, 6.07) is 14.4. The monoisotopic (exact) mass is 337 g/mol. The maximum absolute atomic E-state index is 12.3. The standard InChI is InChI=1S/C22H27NO2/c1-5-23(21(24)25-16-9-8-15-22(2,3)4)17-19-13-10-12-18-11-6-7-14-20(18)19/h6-7,10-14H,5,9,16-17H2,1-4H3. The number of carbonyl (C=O) groups is 1. The van der Waals surface area contributed by atoms with Crippen LogP contribution in [-0.2, 0) is 11.3 Å². The Hall–Kier alpha value is -2.47. The number of ether oxygens (including phenoxy) is 1. The van der Waals surface area contributed by atoms with E-state index in [9.17, 15) is 4.79 Å².